The molecule has 0 aliphatic carbocycles. The van der Waals surface area contributed by atoms with Crippen molar-refractivity contribution in [3.8, 4) is 0 Å². The summed E-state index contributed by atoms with van der Waals surface area (Å²) in [4.78, 5) is 2.63. The molecule has 2 rings (SSSR count). The highest BCUT2D eigenvalue weighted by Crippen LogP contribution is 2.19. The van der Waals surface area contributed by atoms with E-state index in [0.29, 0.717) is 0 Å². The van der Waals surface area contributed by atoms with Gasteiger partial charge in [-0.2, -0.15) is 0 Å². The van der Waals surface area contributed by atoms with Gasteiger partial charge < -0.3 is 5.73 Å². The summed E-state index contributed by atoms with van der Waals surface area (Å²) in [6.45, 7) is 5.46. The summed E-state index contributed by atoms with van der Waals surface area (Å²) < 4.78 is 0. The molecule has 0 bridgehead atoms. The SMILES string of the molecule is CC1CCCCCN1Cc1ccc(CCN)cc1. The van der Waals surface area contributed by atoms with Gasteiger partial charge in [-0.1, -0.05) is 37.1 Å². The highest BCUT2D eigenvalue weighted by molar-refractivity contribution is 5.22. The lowest BCUT2D eigenvalue weighted by Crippen LogP contribution is -2.31. The van der Waals surface area contributed by atoms with Crippen molar-refractivity contribution in [2.75, 3.05) is 13.1 Å². The molecule has 1 saturated heterocycles. The lowest BCUT2D eigenvalue weighted by atomic mass is 10.1. The van der Waals surface area contributed by atoms with Crippen LogP contribution in [0.25, 0.3) is 0 Å². The summed E-state index contributed by atoms with van der Waals surface area (Å²) in [5.41, 5.74) is 8.36. The second kappa shape index (κ2) is 6.91. The molecule has 1 aliphatic rings. The zero-order chi connectivity index (χ0) is 12.8. The second-order valence-corrected chi connectivity index (χ2v) is 5.52. The van der Waals surface area contributed by atoms with Crippen molar-refractivity contribution in [2.45, 2.75) is 51.6 Å². The minimum absolute atomic E-state index is 0.733. The lowest BCUT2D eigenvalue weighted by Gasteiger charge is -2.27. The highest BCUT2D eigenvalue weighted by Gasteiger charge is 2.16. The van der Waals surface area contributed by atoms with E-state index in [9.17, 15) is 0 Å². The van der Waals surface area contributed by atoms with Crippen molar-refractivity contribution >= 4 is 0 Å². The smallest absolute Gasteiger partial charge is 0.0236 e. The molecule has 18 heavy (non-hydrogen) atoms. The predicted molar refractivity (Wildman–Crippen MR) is 77.5 cm³/mol. The minimum Gasteiger partial charge on any atom is -0.330 e. The van der Waals surface area contributed by atoms with E-state index >= 15 is 0 Å². The van der Waals surface area contributed by atoms with Crippen LogP contribution < -0.4 is 5.73 Å². The number of rotatable bonds is 4. The number of likely N-dealkylation sites (tertiary alicyclic amines) is 1. The Morgan fingerprint density at radius 3 is 2.56 bits per heavy atom. The van der Waals surface area contributed by atoms with Gasteiger partial charge in [0.15, 0.2) is 0 Å². The van der Waals surface area contributed by atoms with E-state index in [0.717, 1.165) is 25.6 Å². The summed E-state index contributed by atoms with van der Waals surface area (Å²) in [5.74, 6) is 0. The first-order chi connectivity index (χ1) is 8.79. The first-order valence-electron chi connectivity index (χ1n) is 7.31. The van der Waals surface area contributed by atoms with Crippen LogP contribution in [0.4, 0.5) is 0 Å². The lowest BCUT2D eigenvalue weighted by molar-refractivity contribution is 0.205. The molecule has 0 radical (unpaired) electrons. The molecule has 0 amide bonds. The Bertz CT molecular complexity index is 345. The van der Waals surface area contributed by atoms with Crippen LogP contribution in [0.3, 0.4) is 0 Å². The van der Waals surface area contributed by atoms with Crippen LogP contribution in [0, 0.1) is 0 Å². The second-order valence-electron chi connectivity index (χ2n) is 5.52. The van der Waals surface area contributed by atoms with Crippen LogP contribution in [0.2, 0.25) is 0 Å². The maximum absolute atomic E-state index is 5.58. The van der Waals surface area contributed by atoms with E-state index < -0.39 is 0 Å². The van der Waals surface area contributed by atoms with E-state index in [2.05, 4.69) is 36.1 Å². The Morgan fingerprint density at radius 2 is 1.83 bits per heavy atom. The third-order valence-corrected chi connectivity index (χ3v) is 4.03. The zero-order valence-corrected chi connectivity index (χ0v) is 11.6. The third kappa shape index (κ3) is 3.82. The fourth-order valence-electron chi connectivity index (χ4n) is 2.78. The van der Waals surface area contributed by atoms with Gasteiger partial charge >= 0.3 is 0 Å². The number of nitrogens with two attached hydrogens (primary N) is 1. The number of hydrogen-bond acceptors (Lipinski definition) is 2. The van der Waals surface area contributed by atoms with Gasteiger partial charge in [0.1, 0.15) is 0 Å². The Morgan fingerprint density at radius 1 is 1.11 bits per heavy atom. The van der Waals surface area contributed by atoms with Gasteiger partial charge in [0.2, 0.25) is 0 Å². The van der Waals surface area contributed by atoms with Crippen LogP contribution in [0.1, 0.15) is 43.7 Å². The van der Waals surface area contributed by atoms with Crippen LogP contribution in [0.5, 0.6) is 0 Å². The monoisotopic (exact) mass is 246 g/mol. The van der Waals surface area contributed by atoms with E-state index in [4.69, 9.17) is 5.73 Å². The molecule has 1 aliphatic heterocycles. The Labute approximate surface area is 111 Å². The van der Waals surface area contributed by atoms with Crippen molar-refractivity contribution in [1.29, 1.82) is 0 Å². The average Bonchev–Trinajstić information content (AvgIpc) is 2.58. The summed E-state index contributed by atoms with van der Waals surface area (Å²) in [6, 6.07) is 9.72. The summed E-state index contributed by atoms with van der Waals surface area (Å²) in [5, 5.41) is 0. The first kappa shape index (κ1) is 13.6. The summed E-state index contributed by atoms with van der Waals surface area (Å²) >= 11 is 0. The van der Waals surface area contributed by atoms with Gasteiger partial charge in [-0.15, -0.1) is 0 Å². The third-order valence-electron chi connectivity index (χ3n) is 4.03. The molecular formula is C16H26N2. The van der Waals surface area contributed by atoms with Crippen molar-refractivity contribution in [3.63, 3.8) is 0 Å². The van der Waals surface area contributed by atoms with E-state index in [1.165, 1.54) is 43.4 Å². The Kier molecular flexibility index (Phi) is 5.21. The van der Waals surface area contributed by atoms with E-state index in [1.807, 2.05) is 0 Å². The topological polar surface area (TPSA) is 29.3 Å². The van der Waals surface area contributed by atoms with Gasteiger partial charge in [-0.3, -0.25) is 4.90 Å². The fraction of sp³-hybridized carbons (Fsp3) is 0.625. The molecule has 1 atom stereocenters. The normalized spacial score (nSPS) is 21.8. The number of hydrogen-bond donors (Lipinski definition) is 1. The van der Waals surface area contributed by atoms with Crippen molar-refractivity contribution in [1.82, 2.24) is 4.90 Å². The highest BCUT2D eigenvalue weighted by atomic mass is 15.1. The van der Waals surface area contributed by atoms with Crippen molar-refractivity contribution in [2.24, 2.45) is 5.73 Å². The van der Waals surface area contributed by atoms with Gasteiger partial charge in [-0.05, 0) is 50.4 Å². The molecule has 1 fully saturated rings. The van der Waals surface area contributed by atoms with Gasteiger partial charge in [0.25, 0.3) is 0 Å². The summed E-state index contributed by atoms with van der Waals surface area (Å²) in [6.07, 6.45) is 6.49. The molecule has 0 spiro atoms. The standard InChI is InChI=1S/C16H26N2/c1-14-5-3-2-4-12-18(14)13-16-8-6-15(7-9-16)10-11-17/h6-9,14H,2-5,10-13,17H2,1H3. The summed E-state index contributed by atoms with van der Waals surface area (Å²) in [7, 11) is 0. The Balaban J connectivity index is 1.94. The zero-order valence-electron chi connectivity index (χ0n) is 11.6. The van der Waals surface area contributed by atoms with E-state index in [-0.39, 0.29) is 0 Å². The van der Waals surface area contributed by atoms with Crippen LogP contribution >= 0.6 is 0 Å². The van der Waals surface area contributed by atoms with Gasteiger partial charge in [0, 0.05) is 12.6 Å². The predicted octanol–water partition coefficient (Wildman–Crippen LogP) is 2.95. The maximum atomic E-state index is 5.58. The minimum atomic E-state index is 0.733. The molecule has 1 aromatic rings. The number of benzene rings is 1. The molecule has 2 N–H and O–H groups in total. The fourth-order valence-corrected chi connectivity index (χ4v) is 2.78. The van der Waals surface area contributed by atoms with Crippen molar-refractivity contribution in [3.05, 3.63) is 35.4 Å². The van der Waals surface area contributed by atoms with Crippen LogP contribution in [-0.4, -0.2) is 24.0 Å². The Hall–Kier alpha value is -0.860. The molecule has 1 unspecified atom stereocenters. The maximum Gasteiger partial charge on any atom is 0.0236 e. The van der Waals surface area contributed by atoms with Crippen LogP contribution in [-0.2, 0) is 13.0 Å². The molecule has 100 valence electrons. The van der Waals surface area contributed by atoms with Gasteiger partial charge in [-0.25, -0.2) is 0 Å². The molecule has 0 saturated carbocycles. The van der Waals surface area contributed by atoms with Crippen molar-refractivity contribution < 1.29 is 0 Å². The average molecular weight is 246 g/mol. The van der Waals surface area contributed by atoms with E-state index in [1.54, 1.807) is 0 Å². The molecule has 1 aromatic carbocycles. The number of nitrogens with zero attached hydrogens (tertiary/aromatic N) is 1. The first-order valence-corrected chi connectivity index (χ1v) is 7.31. The molecular weight excluding hydrogens is 220 g/mol. The largest absolute Gasteiger partial charge is 0.330 e. The molecule has 0 aromatic heterocycles. The van der Waals surface area contributed by atoms with Crippen LogP contribution in [0.15, 0.2) is 24.3 Å². The quantitative estimate of drug-likeness (QED) is 0.885. The van der Waals surface area contributed by atoms with Gasteiger partial charge in [0.05, 0.1) is 0 Å². The molecule has 2 heteroatoms. The molecule has 1 heterocycles. The molecule has 2 nitrogen and oxygen atoms in total.